The van der Waals surface area contributed by atoms with E-state index in [1.54, 1.807) is 6.20 Å². The second-order valence-corrected chi connectivity index (χ2v) is 9.99. The first-order valence-electron chi connectivity index (χ1n) is 12.8. The zero-order valence-electron chi connectivity index (χ0n) is 20.6. The van der Waals surface area contributed by atoms with Crippen LogP contribution in [0.15, 0.2) is 94.4 Å². The molecule has 0 saturated heterocycles. The Morgan fingerprint density at radius 1 is 1.08 bits per heavy atom. The van der Waals surface area contributed by atoms with Crippen LogP contribution in [0.25, 0.3) is 10.9 Å². The number of amidine groups is 1. The van der Waals surface area contributed by atoms with Crippen LogP contribution in [-0.2, 0) is 11.3 Å². The second-order valence-electron chi connectivity index (χ2n) is 9.99. The number of amides is 1. The largest absolute Gasteiger partial charge is 0.445 e. The number of ether oxygens (including phenoxy) is 1. The summed E-state index contributed by atoms with van der Waals surface area (Å²) in [7, 11) is 0. The van der Waals surface area contributed by atoms with Gasteiger partial charge in [0, 0.05) is 23.4 Å². The van der Waals surface area contributed by atoms with Crippen molar-refractivity contribution >= 4 is 29.0 Å². The number of para-hydroxylation sites is 1. The number of nitrogens with zero attached hydrogens (tertiary/aromatic N) is 3. The van der Waals surface area contributed by atoms with E-state index in [1.165, 1.54) is 0 Å². The van der Waals surface area contributed by atoms with Crippen molar-refractivity contribution in [1.29, 1.82) is 0 Å². The van der Waals surface area contributed by atoms with E-state index in [4.69, 9.17) is 15.6 Å². The molecule has 1 atom stereocenters. The van der Waals surface area contributed by atoms with Gasteiger partial charge < -0.3 is 15.0 Å². The summed E-state index contributed by atoms with van der Waals surface area (Å²) >= 11 is 0. The maximum atomic E-state index is 12.2. The number of carbonyl (C=O) groups excluding carboxylic acids is 1. The summed E-state index contributed by atoms with van der Waals surface area (Å²) in [6.45, 7) is 0.902. The van der Waals surface area contributed by atoms with Gasteiger partial charge in [-0.1, -0.05) is 48.5 Å². The molecule has 188 valence electrons. The quantitative estimate of drug-likeness (QED) is 0.327. The van der Waals surface area contributed by atoms with Crippen LogP contribution in [0.1, 0.15) is 36.9 Å². The number of rotatable bonds is 6. The summed E-state index contributed by atoms with van der Waals surface area (Å²) < 4.78 is 5.38. The van der Waals surface area contributed by atoms with Gasteiger partial charge in [0.15, 0.2) is 0 Å². The molecule has 3 aromatic rings. The number of aliphatic imine (C=N–C) groups is 2. The van der Waals surface area contributed by atoms with Crippen molar-refractivity contribution in [3.05, 3.63) is 95.7 Å². The molecule has 4 N–H and O–H groups in total. The topological polar surface area (TPSA) is 105 Å². The normalized spacial score (nSPS) is 24.7. The number of allylic oxidation sites excluding steroid dienone is 2. The van der Waals surface area contributed by atoms with E-state index in [0.717, 1.165) is 65.1 Å². The van der Waals surface area contributed by atoms with Crippen LogP contribution in [0.2, 0.25) is 0 Å². The third-order valence-corrected chi connectivity index (χ3v) is 7.57. The van der Waals surface area contributed by atoms with E-state index in [0.29, 0.717) is 18.4 Å². The number of carbonyl (C=O) groups is 1. The van der Waals surface area contributed by atoms with Crippen molar-refractivity contribution in [3.8, 4) is 0 Å². The average Bonchev–Trinajstić information content (AvgIpc) is 3.50. The summed E-state index contributed by atoms with van der Waals surface area (Å²) in [4.78, 5) is 25.2. The maximum absolute atomic E-state index is 12.2. The SMILES string of the molecule is N[N+]12C=CN=CC1=C(C1CCC(CNC(=O)OCc3ccccc3)CC1)N=C2c1cc2ccccc2[nH]1. The van der Waals surface area contributed by atoms with E-state index in [1.807, 2.05) is 54.9 Å². The van der Waals surface area contributed by atoms with Gasteiger partial charge in [-0.05, 0) is 49.3 Å². The zero-order chi connectivity index (χ0) is 25.2. The van der Waals surface area contributed by atoms with E-state index in [-0.39, 0.29) is 17.3 Å². The number of alkyl carbamates (subject to hydrolysis) is 1. The fourth-order valence-electron chi connectivity index (χ4n) is 5.52. The number of aromatic nitrogens is 1. The highest BCUT2D eigenvalue weighted by Gasteiger charge is 2.46. The maximum Gasteiger partial charge on any atom is 0.407 e. The number of fused-ring (bicyclic) bond motifs is 2. The highest BCUT2D eigenvalue weighted by molar-refractivity contribution is 6.02. The van der Waals surface area contributed by atoms with Crippen LogP contribution in [0, 0.1) is 11.8 Å². The van der Waals surface area contributed by atoms with Crippen molar-refractivity contribution in [2.45, 2.75) is 32.3 Å². The lowest BCUT2D eigenvalue weighted by Gasteiger charge is -2.29. The minimum Gasteiger partial charge on any atom is -0.445 e. The van der Waals surface area contributed by atoms with Gasteiger partial charge in [-0.15, -0.1) is 4.59 Å². The first kappa shape index (κ1) is 23.4. The van der Waals surface area contributed by atoms with E-state index >= 15 is 0 Å². The summed E-state index contributed by atoms with van der Waals surface area (Å²) in [5, 5.41) is 4.07. The number of H-pyrrole nitrogens is 1. The Morgan fingerprint density at radius 3 is 2.68 bits per heavy atom. The van der Waals surface area contributed by atoms with Crippen molar-refractivity contribution in [3.63, 3.8) is 0 Å². The van der Waals surface area contributed by atoms with Crippen LogP contribution in [0.4, 0.5) is 4.79 Å². The molecule has 1 aliphatic carbocycles. The number of nitrogens with two attached hydrogens (primary N) is 1. The molecule has 0 radical (unpaired) electrons. The minimum atomic E-state index is -0.366. The Kier molecular flexibility index (Phi) is 6.20. The van der Waals surface area contributed by atoms with Gasteiger partial charge in [0.1, 0.15) is 24.2 Å². The molecule has 1 unspecified atom stereocenters. The van der Waals surface area contributed by atoms with Crippen molar-refractivity contribution < 1.29 is 14.1 Å². The van der Waals surface area contributed by atoms with Gasteiger partial charge in [-0.2, -0.15) is 10.8 Å². The molecule has 2 aliphatic heterocycles. The molecule has 2 aromatic carbocycles. The van der Waals surface area contributed by atoms with Crippen LogP contribution in [0.5, 0.6) is 0 Å². The Labute approximate surface area is 215 Å². The molecule has 1 fully saturated rings. The molecule has 3 aliphatic rings. The lowest BCUT2D eigenvalue weighted by atomic mass is 9.80. The van der Waals surface area contributed by atoms with Crippen LogP contribution in [-0.4, -0.2) is 34.3 Å². The van der Waals surface area contributed by atoms with Crippen LogP contribution in [0.3, 0.4) is 0 Å². The van der Waals surface area contributed by atoms with Crippen molar-refractivity contribution in [2.24, 2.45) is 27.7 Å². The predicted molar refractivity (Wildman–Crippen MR) is 144 cm³/mol. The molecule has 1 aromatic heterocycles. The van der Waals surface area contributed by atoms with Gasteiger partial charge in [-0.3, -0.25) is 4.99 Å². The van der Waals surface area contributed by atoms with Gasteiger partial charge in [0.05, 0.1) is 12.4 Å². The highest BCUT2D eigenvalue weighted by Crippen LogP contribution is 2.41. The summed E-state index contributed by atoms with van der Waals surface area (Å²) in [6.07, 6.45) is 9.12. The number of nitrogens with one attached hydrogen (secondary N) is 2. The third-order valence-electron chi connectivity index (χ3n) is 7.57. The summed E-state index contributed by atoms with van der Waals surface area (Å²) in [5.74, 6) is 8.43. The van der Waals surface area contributed by atoms with Crippen LogP contribution < -0.4 is 11.2 Å². The first-order valence-corrected chi connectivity index (χ1v) is 12.8. The minimum absolute atomic E-state index is 0.0282. The number of benzene rings is 2. The number of hydrogen-bond donors (Lipinski definition) is 3. The molecule has 3 heterocycles. The molecule has 0 spiro atoms. The molecule has 8 heteroatoms. The molecule has 0 bridgehead atoms. The third kappa shape index (κ3) is 4.61. The molecule has 1 amide bonds. The van der Waals surface area contributed by atoms with E-state index in [2.05, 4.69) is 33.5 Å². The van der Waals surface area contributed by atoms with Gasteiger partial charge in [0.25, 0.3) is 5.84 Å². The average molecular weight is 496 g/mol. The zero-order valence-corrected chi connectivity index (χ0v) is 20.6. The number of hydrogen-bond acceptors (Lipinski definition) is 5. The van der Waals surface area contributed by atoms with Crippen molar-refractivity contribution in [2.75, 3.05) is 6.54 Å². The number of aromatic amines is 1. The van der Waals surface area contributed by atoms with Gasteiger partial charge in [0.2, 0.25) is 5.70 Å². The molecule has 6 rings (SSSR count). The lowest BCUT2D eigenvalue weighted by molar-refractivity contribution is -0.750. The second kappa shape index (κ2) is 9.80. The smallest absolute Gasteiger partial charge is 0.407 e. The fourth-order valence-corrected chi connectivity index (χ4v) is 5.52. The highest BCUT2D eigenvalue weighted by atomic mass is 16.5. The Balaban J connectivity index is 1.10. The molecule has 8 nitrogen and oxygen atoms in total. The Morgan fingerprint density at radius 2 is 1.86 bits per heavy atom. The number of quaternary nitrogens is 1. The van der Waals surface area contributed by atoms with Gasteiger partial charge >= 0.3 is 6.09 Å². The van der Waals surface area contributed by atoms with E-state index < -0.39 is 0 Å². The first-order chi connectivity index (χ1) is 18.1. The molecular weight excluding hydrogens is 464 g/mol. The standard InChI is InChI=1S/C29H30N6O2/c30-35-15-14-31-18-26(35)27(34-28(35)25-16-23-8-4-5-9-24(23)33-25)22-12-10-20(11-13-22)17-32-29(36)37-19-21-6-2-1-3-7-21/h1-9,14-16,18,20,22H,10-13,17,19,30H2,(H-,31,32,33,34,36)/p+1. The lowest BCUT2D eigenvalue weighted by Crippen LogP contribution is -2.53. The molecular formula is C29H31N6O2+. The fraction of sp³-hybridized carbons (Fsp3) is 0.276. The summed E-state index contributed by atoms with van der Waals surface area (Å²) in [5.41, 5.74) is 4.92. The molecule has 1 saturated carbocycles. The van der Waals surface area contributed by atoms with Gasteiger partial charge in [-0.25, -0.2) is 4.79 Å². The predicted octanol–water partition coefficient (Wildman–Crippen LogP) is 5.12. The Bertz CT molecular complexity index is 1400. The van der Waals surface area contributed by atoms with E-state index in [9.17, 15) is 4.79 Å². The Hall–Kier alpha value is -4.01. The van der Waals surface area contributed by atoms with Crippen LogP contribution >= 0.6 is 0 Å². The summed E-state index contributed by atoms with van der Waals surface area (Å²) in [6, 6.07) is 20.0. The monoisotopic (exact) mass is 495 g/mol. The molecule has 37 heavy (non-hydrogen) atoms. The van der Waals surface area contributed by atoms with Crippen molar-refractivity contribution in [1.82, 2.24) is 10.3 Å².